The van der Waals surface area contributed by atoms with Gasteiger partial charge in [0.05, 0.1) is 24.4 Å². The molecule has 0 atom stereocenters. The van der Waals surface area contributed by atoms with Crippen molar-refractivity contribution in [3.63, 3.8) is 0 Å². The van der Waals surface area contributed by atoms with Gasteiger partial charge in [-0.05, 0) is 13.0 Å². The average molecular weight is 377 g/mol. The maximum atomic E-state index is 12.4. The standard InChI is InChI=1S/C17H17ClN4O2S/c1-10-14(25-17(20-10)11-6-4-5-7-13(11)18)8-19-15(23)12-9-22(2)21-16(12)24-3/h4-7,9H,8H2,1-3H3,(H,19,23). The Hall–Kier alpha value is -2.38. The zero-order chi connectivity index (χ0) is 18.0. The van der Waals surface area contributed by atoms with Crippen molar-refractivity contribution in [3.05, 3.63) is 51.6 Å². The first-order valence-electron chi connectivity index (χ1n) is 7.56. The fourth-order valence-corrected chi connectivity index (χ4v) is 3.70. The summed E-state index contributed by atoms with van der Waals surface area (Å²) < 4.78 is 6.66. The van der Waals surface area contributed by atoms with Crippen LogP contribution in [0.3, 0.4) is 0 Å². The Labute approximate surface area is 154 Å². The Morgan fingerprint density at radius 1 is 1.40 bits per heavy atom. The maximum absolute atomic E-state index is 12.4. The predicted molar refractivity (Wildman–Crippen MR) is 98.2 cm³/mol. The van der Waals surface area contributed by atoms with E-state index in [0.29, 0.717) is 23.0 Å². The molecule has 0 fully saturated rings. The Bertz CT molecular complexity index is 919. The number of nitrogens with one attached hydrogen (secondary N) is 1. The van der Waals surface area contributed by atoms with Crippen molar-refractivity contribution in [1.82, 2.24) is 20.1 Å². The molecule has 3 aromatic rings. The predicted octanol–water partition coefficient (Wildman–Crippen LogP) is 3.44. The summed E-state index contributed by atoms with van der Waals surface area (Å²) in [7, 11) is 3.23. The Balaban J connectivity index is 1.76. The van der Waals surface area contributed by atoms with E-state index in [2.05, 4.69) is 15.4 Å². The maximum Gasteiger partial charge on any atom is 0.258 e. The third-order valence-electron chi connectivity index (χ3n) is 3.64. The number of methoxy groups -OCH3 is 1. The summed E-state index contributed by atoms with van der Waals surface area (Å²) in [5.41, 5.74) is 2.17. The van der Waals surface area contributed by atoms with E-state index in [1.54, 1.807) is 17.9 Å². The molecule has 1 amide bonds. The highest BCUT2D eigenvalue weighted by atomic mass is 35.5. The molecule has 0 spiro atoms. The molecule has 1 N–H and O–H groups in total. The van der Waals surface area contributed by atoms with E-state index in [4.69, 9.17) is 16.3 Å². The van der Waals surface area contributed by atoms with Crippen LogP contribution in [-0.4, -0.2) is 27.8 Å². The van der Waals surface area contributed by atoms with Gasteiger partial charge in [-0.3, -0.25) is 9.48 Å². The lowest BCUT2D eigenvalue weighted by Crippen LogP contribution is -2.22. The van der Waals surface area contributed by atoms with Crippen molar-refractivity contribution < 1.29 is 9.53 Å². The lowest BCUT2D eigenvalue weighted by atomic mass is 10.2. The highest BCUT2D eigenvalue weighted by Gasteiger charge is 2.17. The number of carbonyl (C=O) groups is 1. The molecule has 0 aliphatic carbocycles. The first-order valence-corrected chi connectivity index (χ1v) is 8.76. The first-order chi connectivity index (χ1) is 12.0. The van der Waals surface area contributed by atoms with Crippen LogP contribution < -0.4 is 10.1 Å². The number of nitrogens with zero attached hydrogens (tertiary/aromatic N) is 3. The molecule has 6 nitrogen and oxygen atoms in total. The van der Waals surface area contributed by atoms with Gasteiger partial charge in [-0.1, -0.05) is 29.8 Å². The molecular formula is C17H17ClN4O2S. The SMILES string of the molecule is COc1nn(C)cc1C(=O)NCc1sc(-c2ccccc2Cl)nc1C. The number of hydrogen-bond donors (Lipinski definition) is 1. The van der Waals surface area contributed by atoms with Crippen LogP contribution in [0.25, 0.3) is 10.6 Å². The summed E-state index contributed by atoms with van der Waals surface area (Å²) in [5, 5.41) is 8.47. The van der Waals surface area contributed by atoms with Gasteiger partial charge in [-0.25, -0.2) is 4.98 Å². The second-order valence-electron chi connectivity index (χ2n) is 5.42. The third kappa shape index (κ3) is 3.67. The number of aromatic nitrogens is 3. The van der Waals surface area contributed by atoms with Gasteiger partial charge in [0, 0.05) is 23.7 Å². The fourth-order valence-electron chi connectivity index (χ4n) is 2.37. The van der Waals surface area contributed by atoms with E-state index in [0.717, 1.165) is 21.1 Å². The number of aryl methyl sites for hydroxylation is 2. The van der Waals surface area contributed by atoms with Gasteiger partial charge in [-0.15, -0.1) is 16.4 Å². The van der Waals surface area contributed by atoms with Gasteiger partial charge in [-0.2, -0.15) is 0 Å². The zero-order valence-electron chi connectivity index (χ0n) is 14.0. The second-order valence-corrected chi connectivity index (χ2v) is 6.91. The molecule has 0 saturated heterocycles. The van der Waals surface area contributed by atoms with E-state index in [-0.39, 0.29) is 5.91 Å². The average Bonchev–Trinajstić information content (AvgIpc) is 3.15. The summed E-state index contributed by atoms with van der Waals surface area (Å²) in [6.45, 7) is 2.30. The van der Waals surface area contributed by atoms with Gasteiger partial charge < -0.3 is 10.1 Å². The van der Waals surface area contributed by atoms with E-state index in [9.17, 15) is 4.79 Å². The van der Waals surface area contributed by atoms with Crippen LogP contribution in [0.2, 0.25) is 5.02 Å². The van der Waals surface area contributed by atoms with E-state index in [1.807, 2.05) is 31.2 Å². The van der Waals surface area contributed by atoms with Crippen LogP contribution in [0, 0.1) is 6.92 Å². The van der Waals surface area contributed by atoms with Gasteiger partial charge in [0.15, 0.2) is 0 Å². The third-order valence-corrected chi connectivity index (χ3v) is 5.16. The summed E-state index contributed by atoms with van der Waals surface area (Å²) in [6.07, 6.45) is 1.63. The van der Waals surface area contributed by atoms with Crippen LogP contribution >= 0.6 is 22.9 Å². The van der Waals surface area contributed by atoms with Crippen LogP contribution in [0.15, 0.2) is 30.5 Å². The smallest absolute Gasteiger partial charge is 0.258 e. The highest BCUT2D eigenvalue weighted by molar-refractivity contribution is 7.15. The van der Waals surface area contributed by atoms with Gasteiger partial charge in [0.2, 0.25) is 5.88 Å². The Morgan fingerprint density at radius 3 is 2.88 bits per heavy atom. The molecule has 25 heavy (non-hydrogen) atoms. The lowest BCUT2D eigenvalue weighted by Gasteiger charge is -2.03. The summed E-state index contributed by atoms with van der Waals surface area (Å²) in [4.78, 5) is 17.9. The number of hydrogen-bond acceptors (Lipinski definition) is 5. The van der Waals surface area contributed by atoms with Crippen LogP contribution in [0.1, 0.15) is 20.9 Å². The molecule has 2 aromatic heterocycles. The quantitative estimate of drug-likeness (QED) is 0.740. The number of amides is 1. The topological polar surface area (TPSA) is 69.0 Å². The second kappa shape index (κ2) is 7.25. The van der Waals surface area contributed by atoms with Crippen molar-refractivity contribution in [2.24, 2.45) is 7.05 Å². The minimum Gasteiger partial charge on any atom is -0.479 e. The Kier molecular flexibility index (Phi) is 5.06. The molecule has 0 radical (unpaired) electrons. The van der Waals surface area contributed by atoms with Crippen molar-refractivity contribution in [2.75, 3.05) is 7.11 Å². The molecule has 0 aliphatic heterocycles. The van der Waals surface area contributed by atoms with Crippen molar-refractivity contribution >= 4 is 28.8 Å². The number of ether oxygens (including phenoxy) is 1. The monoisotopic (exact) mass is 376 g/mol. The van der Waals surface area contributed by atoms with Crippen LogP contribution in [0.4, 0.5) is 0 Å². The first kappa shape index (κ1) is 17.4. The molecule has 1 aromatic carbocycles. The molecule has 2 heterocycles. The van der Waals surface area contributed by atoms with E-state index in [1.165, 1.54) is 18.4 Å². The number of benzene rings is 1. The van der Waals surface area contributed by atoms with Crippen LogP contribution in [-0.2, 0) is 13.6 Å². The number of rotatable bonds is 5. The largest absolute Gasteiger partial charge is 0.479 e. The lowest BCUT2D eigenvalue weighted by molar-refractivity contribution is 0.0948. The molecule has 130 valence electrons. The minimum atomic E-state index is -0.239. The number of halogens is 1. The summed E-state index contributed by atoms with van der Waals surface area (Å²) >= 11 is 7.75. The fraction of sp³-hybridized carbons (Fsp3) is 0.235. The van der Waals surface area contributed by atoms with Crippen LogP contribution in [0.5, 0.6) is 5.88 Å². The van der Waals surface area contributed by atoms with Crippen molar-refractivity contribution in [2.45, 2.75) is 13.5 Å². The normalized spacial score (nSPS) is 10.7. The van der Waals surface area contributed by atoms with Gasteiger partial charge >= 0.3 is 0 Å². The van der Waals surface area contributed by atoms with Crippen molar-refractivity contribution in [1.29, 1.82) is 0 Å². The molecule has 0 saturated carbocycles. The van der Waals surface area contributed by atoms with Gasteiger partial charge in [0.1, 0.15) is 10.6 Å². The molecule has 0 bridgehead atoms. The molecular weight excluding hydrogens is 360 g/mol. The highest BCUT2D eigenvalue weighted by Crippen LogP contribution is 2.32. The number of thiazole rings is 1. The summed E-state index contributed by atoms with van der Waals surface area (Å²) in [5.74, 6) is 0.0647. The zero-order valence-corrected chi connectivity index (χ0v) is 15.6. The van der Waals surface area contributed by atoms with Crippen molar-refractivity contribution in [3.8, 4) is 16.5 Å². The van der Waals surface area contributed by atoms with Gasteiger partial charge in [0.25, 0.3) is 5.91 Å². The summed E-state index contributed by atoms with van der Waals surface area (Å²) in [6, 6.07) is 7.58. The van der Waals surface area contributed by atoms with E-state index < -0.39 is 0 Å². The van der Waals surface area contributed by atoms with E-state index >= 15 is 0 Å². The molecule has 0 aliphatic rings. The molecule has 3 rings (SSSR count). The number of carbonyl (C=O) groups excluding carboxylic acids is 1. The Morgan fingerprint density at radius 2 is 2.16 bits per heavy atom. The minimum absolute atomic E-state index is 0.239. The molecule has 0 unspecified atom stereocenters. The molecule has 8 heteroatoms.